The van der Waals surface area contributed by atoms with Crippen molar-refractivity contribution in [3.05, 3.63) is 42.0 Å². The minimum absolute atomic E-state index is 0.00667. The molecule has 0 heterocycles. The maximum absolute atomic E-state index is 12.2. The normalized spacial score (nSPS) is 9.88. The van der Waals surface area contributed by atoms with E-state index >= 15 is 0 Å². The van der Waals surface area contributed by atoms with Gasteiger partial charge in [0, 0.05) is 24.3 Å². The number of hydrogen-bond acceptors (Lipinski definition) is 2. The molecule has 0 fully saturated rings. The molecule has 0 aliphatic heterocycles. The predicted molar refractivity (Wildman–Crippen MR) is 67.4 cm³/mol. The highest BCUT2D eigenvalue weighted by Crippen LogP contribution is 2.17. The van der Waals surface area contributed by atoms with Gasteiger partial charge in [-0.25, -0.2) is 0 Å². The molecular formula is C13H18N2O. The Morgan fingerprint density at radius 1 is 1.56 bits per heavy atom. The van der Waals surface area contributed by atoms with Crippen molar-refractivity contribution in [1.29, 1.82) is 0 Å². The lowest BCUT2D eigenvalue weighted by Crippen LogP contribution is -2.31. The first kappa shape index (κ1) is 12.3. The average Bonchev–Trinajstić information content (AvgIpc) is 2.29. The first-order valence-electron chi connectivity index (χ1n) is 5.37. The van der Waals surface area contributed by atoms with Crippen LogP contribution in [0, 0.1) is 6.92 Å². The molecule has 0 spiro atoms. The zero-order valence-electron chi connectivity index (χ0n) is 9.86. The molecular weight excluding hydrogens is 200 g/mol. The van der Waals surface area contributed by atoms with Crippen molar-refractivity contribution in [1.82, 2.24) is 4.90 Å². The second-order valence-electron chi connectivity index (χ2n) is 3.65. The standard InChI is InChI=1S/C13H18N2O/c1-4-9-15(5-2)13(16)11-7-6-8-12(14)10(11)3/h4,6-8H,1,5,9,14H2,2-3H3. The summed E-state index contributed by atoms with van der Waals surface area (Å²) >= 11 is 0. The summed E-state index contributed by atoms with van der Waals surface area (Å²) in [6.45, 7) is 8.68. The first-order chi connectivity index (χ1) is 7.61. The van der Waals surface area contributed by atoms with Gasteiger partial charge >= 0.3 is 0 Å². The summed E-state index contributed by atoms with van der Waals surface area (Å²) < 4.78 is 0. The smallest absolute Gasteiger partial charge is 0.254 e. The van der Waals surface area contributed by atoms with E-state index in [0.717, 1.165) is 5.56 Å². The van der Waals surface area contributed by atoms with E-state index in [0.29, 0.717) is 24.3 Å². The van der Waals surface area contributed by atoms with Crippen LogP contribution in [0.15, 0.2) is 30.9 Å². The minimum atomic E-state index is 0.00667. The highest BCUT2D eigenvalue weighted by atomic mass is 16.2. The number of likely N-dealkylation sites (N-methyl/N-ethyl adjacent to an activating group) is 1. The highest BCUT2D eigenvalue weighted by molar-refractivity contribution is 5.97. The van der Waals surface area contributed by atoms with Crippen LogP contribution in [0.2, 0.25) is 0 Å². The Labute approximate surface area is 96.6 Å². The van der Waals surface area contributed by atoms with E-state index in [2.05, 4.69) is 6.58 Å². The fourth-order valence-corrected chi connectivity index (χ4v) is 1.57. The number of carbonyl (C=O) groups is 1. The summed E-state index contributed by atoms with van der Waals surface area (Å²) in [6.07, 6.45) is 1.73. The Balaban J connectivity index is 3.03. The highest BCUT2D eigenvalue weighted by Gasteiger charge is 2.15. The lowest BCUT2D eigenvalue weighted by molar-refractivity contribution is 0.0781. The topological polar surface area (TPSA) is 46.3 Å². The van der Waals surface area contributed by atoms with E-state index in [1.165, 1.54) is 0 Å². The zero-order chi connectivity index (χ0) is 12.1. The second-order valence-corrected chi connectivity index (χ2v) is 3.65. The van der Waals surface area contributed by atoms with Crippen molar-refractivity contribution in [2.24, 2.45) is 0 Å². The SMILES string of the molecule is C=CCN(CC)C(=O)c1cccc(N)c1C. The third-order valence-corrected chi connectivity index (χ3v) is 2.62. The summed E-state index contributed by atoms with van der Waals surface area (Å²) in [5.41, 5.74) is 7.95. The van der Waals surface area contributed by atoms with Gasteiger partial charge in [-0.2, -0.15) is 0 Å². The van der Waals surface area contributed by atoms with Gasteiger partial charge in [-0.05, 0) is 31.5 Å². The number of nitrogen functional groups attached to an aromatic ring is 1. The van der Waals surface area contributed by atoms with Crippen LogP contribution < -0.4 is 5.73 Å². The van der Waals surface area contributed by atoms with Crippen LogP contribution in [0.4, 0.5) is 5.69 Å². The quantitative estimate of drug-likeness (QED) is 0.622. The van der Waals surface area contributed by atoms with Crippen molar-refractivity contribution >= 4 is 11.6 Å². The van der Waals surface area contributed by atoms with Crippen LogP contribution in [-0.2, 0) is 0 Å². The van der Waals surface area contributed by atoms with Gasteiger partial charge in [-0.1, -0.05) is 12.1 Å². The molecule has 1 amide bonds. The number of anilines is 1. The Morgan fingerprint density at radius 3 is 2.81 bits per heavy atom. The van der Waals surface area contributed by atoms with Gasteiger partial charge in [-0.15, -0.1) is 6.58 Å². The van der Waals surface area contributed by atoms with Gasteiger partial charge < -0.3 is 10.6 Å². The molecule has 0 aliphatic carbocycles. The molecule has 1 rings (SSSR count). The van der Waals surface area contributed by atoms with Crippen LogP contribution in [0.3, 0.4) is 0 Å². The van der Waals surface area contributed by atoms with Gasteiger partial charge in [0.05, 0.1) is 0 Å². The van der Waals surface area contributed by atoms with Crippen LogP contribution >= 0.6 is 0 Å². The van der Waals surface area contributed by atoms with Crippen molar-refractivity contribution in [2.45, 2.75) is 13.8 Å². The number of rotatable bonds is 4. The summed E-state index contributed by atoms with van der Waals surface area (Å²) in [4.78, 5) is 13.9. The third-order valence-electron chi connectivity index (χ3n) is 2.62. The molecule has 1 aromatic carbocycles. The molecule has 0 atom stereocenters. The van der Waals surface area contributed by atoms with Gasteiger partial charge in [0.1, 0.15) is 0 Å². The van der Waals surface area contributed by atoms with Crippen LogP contribution in [0.1, 0.15) is 22.8 Å². The average molecular weight is 218 g/mol. The molecule has 0 aromatic heterocycles. The van der Waals surface area contributed by atoms with Crippen molar-refractivity contribution in [3.8, 4) is 0 Å². The van der Waals surface area contributed by atoms with Crippen LogP contribution in [-0.4, -0.2) is 23.9 Å². The molecule has 3 nitrogen and oxygen atoms in total. The van der Waals surface area contributed by atoms with E-state index in [4.69, 9.17) is 5.73 Å². The van der Waals surface area contributed by atoms with E-state index < -0.39 is 0 Å². The largest absolute Gasteiger partial charge is 0.398 e. The lowest BCUT2D eigenvalue weighted by Gasteiger charge is -2.20. The molecule has 1 aromatic rings. The molecule has 86 valence electrons. The van der Waals surface area contributed by atoms with Crippen LogP contribution in [0.5, 0.6) is 0 Å². The molecule has 0 saturated heterocycles. The van der Waals surface area contributed by atoms with Gasteiger partial charge in [-0.3, -0.25) is 4.79 Å². The fraction of sp³-hybridized carbons (Fsp3) is 0.308. The van der Waals surface area contributed by atoms with E-state index in [-0.39, 0.29) is 5.91 Å². The van der Waals surface area contributed by atoms with E-state index in [9.17, 15) is 4.79 Å². The molecule has 0 aliphatic rings. The Kier molecular flexibility index (Phi) is 4.11. The molecule has 0 radical (unpaired) electrons. The van der Waals surface area contributed by atoms with E-state index in [1.54, 1.807) is 29.2 Å². The molecule has 16 heavy (non-hydrogen) atoms. The van der Waals surface area contributed by atoms with Gasteiger partial charge in [0.2, 0.25) is 0 Å². The molecule has 0 unspecified atom stereocenters. The number of nitrogens with zero attached hydrogens (tertiary/aromatic N) is 1. The number of nitrogens with two attached hydrogens (primary N) is 1. The van der Waals surface area contributed by atoms with Crippen molar-refractivity contribution in [3.63, 3.8) is 0 Å². The number of hydrogen-bond donors (Lipinski definition) is 1. The molecule has 2 N–H and O–H groups in total. The summed E-state index contributed by atoms with van der Waals surface area (Å²) in [5, 5.41) is 0. The van der Waals surface area contributed by atoms with Crippen molar-refractivity contribution < 1.29 is 4.79 Å². The third kappa shape index (κ3) is 2.42. The number of amides is 1. The van der Waals surface area contributed by atoms with Crippen LogP contribution in [0.25, 0.3) is 0 Å². The van der Waals surface area contributed by atoms with Gasteiger partial charge in [0.25, 0.3) is 5.91 Å². The Morgan fingerprint density at radius 2 is 2.25 bits per heavy atom. The Hall–Kier alpha value is -1.77. The van der Waals surface area contributed by atoms with E-state index in [1.807, 2.05) is 13.8 Å². The second kappa shape index (κ2) is 5.35. The maximum atomic E-state index is 12.2. The predicted octanol–water partition coefficient (Wildman–Crippen LogP) is 2.23. The molecule has 0 saturated carbocycles. The monoisotopic (exact) mass is 218 g/mol. The molecule has 0 bridgehead atoms. The number of carbonyl (C=O) groups excluding carboxylic acids is 1. The first-order valence-corrected chi connectivity index (χ1v) is 5.37. The lowest BCUT2D eigenvalue weighted by atomic mass is 10.1. The molecule has 3 heteroatoms. The zero-order valence-corrected chi connectivity index (χ0v) is 9.86. The van der Waals surface area contributed by atoms with Gasteiger partial charge in [0.15, 0.2) is 0 Å². The summed E-state index contributed by atoms with van der Waals surface area (Å²) in [6, 6.07) is 5.41. The number of benzene rings is 1. The Bertz CT molecular complexity index is 399. The fourth-order valence-electron chi connectivity index (χ4n) is 1.57. The maximum Gasteiger partial charge on any atom is 0.254 e. The minimum Gasteiger partial charge on any atom is -0.398 e. The summed E-state index contributed by atoms with van der Waals surface area (Å²) in [5.74, 6) is 0.00667. The van der Waals surface area contributed by atoms with Crippen molar-refractivity contribution in [2.75, 3.05) is 18.8 Å². The summed E-state index contributed by atoms with van der Waals surface area (Å²) in [7, 11) is 0.